The summed E-state index contributed by atoms with van der Waals surface area (Å²) >= 11 is 0. The molecule has 0 fully saturated rings. The second-order valence-electron chi connectivity index (χ2n) is 6.04. The van der Waals surface area contributed by atoms with E-state index in [0.717, 1.165) is 18.2 Å². The largest absolute Gasteiger partial charge is 0.512 e. The number of anilines is 1. The van der Waals surface area contributed by atoms with Crippen LogP contribution in [0.2, 0.25) is 0 Å². The minimum atomic E-state index is -4.90. The first kappa shape index (κ1) is 17.3. The molecule has 1 aromatic carbocycles. The topological polar surface area (TPSA) is 52.6 Å². The lowest BCUT2D eigenvalue weighted by molar-refractivity contribution is -0.170. The maximum Gasteiger partial charge on any atom is 0.471 e. The van der Waals surface area contributed by atoms with Gasteiger partial charge in [-0.15, -0.1) is 0 Å². The number of amides is 1. The Bertz CT molecular complexity index is 764. The Labute approximate surface area is 142 Å². The average Bonchev–Trinajstić information content (AvgIpc) is 2.59. The standard InChI is InChI=1S/C18H17F3N2O2/c1-23(17(25)18(19,20)21)13-6-2-11(3-7-13)15-9-5-12-4-8-14(24)10-16(12)22-15/h2-9,15-16,22,24H,10H2,1H3/t15-,16-/m0/s1. The summed E-state index contributed by atoms with van der Waals surface area (Å²) in [7, 11) is 1.10. The number of carbonyl (C=O) groups is 1. The van der Waals surface area contributed by atoms with Crippen LogP contribution in [0.4, 0.5) is 18.9 Å². The van der Waals surface area contributed by atoms with Crippen molar-refractivity contribution in [2.24, 2.45) is 0 Å². The van der Waals surface area contributed by atoms with Gasteiger partial charge in [0.2, 0.25) is 0 Å². The number of alkyl halides is 3. The molecule has 1 amide bonds. The van der Waals surface area contributed by atoms with Crippen molar-refractivity contribution in [3.8, 4) is 0 Å². The van der Waals surface area contributed by atoms with Crippen molar-refractivity contribution in [1.82, 2.24) is 5.32 Å². The molecule has 1 aromatic rings. The summed E-state index contributed by atoms with van der Waals surface area (Å²) in [6.45, 7) is 0. The molecule has 1 heterocycles. The van der Waals surface area contributed by atoms with Gasteiger partial charge in [-0.3, -0.25) is 10.1 Å². The SMILES string of the molecule is CN(C(=O)C(F)(F)F)c1ccc([C@@H]2C=CC3=CC=C(O)C[C@@H]3N2)cc1. The van der Waals surface area contributed by atoms with Crippen molar-refractivity contribution < 1.29 is 23.1 Å². The molecule has 7 heteroatoms. The predicted octanol–water partition coefficient (Wildman–Crippen LogP) is 3.55. The molecule has 0 spiro atoms. The van der Waals surface area contributed by atoms with E-state index in [1.807, 2.05) is 18.2 Å². The zero-order valence-electron chi connectivity index (χ0n) is 13.4. The first-order valence-electron chi connectivity index (χ1n) is 7.74. The fourth-order valence-corrected chi connectivity index (χ4v) is 2.93. The smallest absolute Gasteiger partial charge is 0.471 e. The van der Waals surface area contributed by atoms with E-state index >= 15 is 0 Å². The van der Waals surface area contributed by atoms with E-state index in [1.165, 1.54) is 12.1 Å². The zero-order valence-corrected chi connectivity index (χ0v) is 13.4. The molecule has 0 bridgehead atoms. The third kappa shape index (κ3) is 3.61. The molecular formula is C18H17F3N2O2. The maximum absolute atomic E-state index is 12.5. The summed E-state index contributed by atoms with van der Waals surface area (Å²) in [6.07, 6.45) is 3.04. The summed E-state index contributed by atoms with van der Waals surface area (Å²) in [5.74, 6) is -1.60. The Morgan fingerprint density at radius 2 is 1.92 bits per heavy atom. The molecule has 3 rings (SSSR count). The molecule has 25 heavy (non-hydrogen) atoms. The second-order valence-corrected chi connectivity index (χ2v) is 6.04. The van der Waals surface area contributed by atoms with Gasteiger partial charge in [-0.1, -0.05) is 30.4 Å². The van der Waals surface area contributed by atoms with E-state index in [0.29, 0.717) is 17.1 Å². The van der Waals surface area contributed by atoms with Gasteiger partial charge in [0, 0.05) is 25.2 Å². The molecule has 1 aliphatic carbocycles. The summed E-state index contributed by atoms with van der Waals surface area (Å²) in [4.78, 5) is 11.9. The monoisotopic (exact) mass is 350 g/mol. The normalized spacial score (nSPS) is 22.7. The number of fused-ring (bicyclic) bond motifs is 1. The van der Waals surface area contributed by atoms with Crippen LogP contribution >= 0.6 is 0 Å². The lowest BCUT2D eigenvalue weighted by atomic mass is 9.90. The Morgan fingerprint density at radius 3 is 2.56 bits per heavy atom. The van der Waals surface area contributed by atoms with E-state index in [-0.39, 0.29) is 17.8 Å². The fourth-order valence-electron chi connectivity index (χ4n) is 2.93. The number of benzene rings is 1. The van der Waals surface area contributed by atoms with Crippen LogP contribution in [0.15, 0.2) is 59.9 Å². The van der Waals surface area contributed by atoms with Crippen LogP contribution in [0.3, 0.4) is 0 Å². The van der Waals surface area contributed by atoms with Crippen LogP contribution < -0.4 is 10.2 Å². The quantitative estimate of drug-likeness (QED) is 0.858. The Balaban J connectivity index is 1.75. The third-order valence-corrected chi connectivity index (χ3v) is 4.33. The second kappa shape index (κ2) is 6.40. The van der Waals surface area contributed by atoms with Crippen LogP contribution in [0.1, 0.15) is 18.0 Å². The number of aliphatic hydroxyl groups excluding tert-OH is 1. The molecule has 132 valence electrons. The fraction of sp³-hybridized carbons (Fsp3) is 0.278. The van der Waals surface area contributed by atoms with Crippen molar-refractivity contribution in [2.75, 3.05) is 11.9 Å². The van der Waals surface area contributed by atoms with Gasteiger partial charge in [-0.2, -0.15) is 13.2 Å². The van der Waals surface area contributed by atoms with E-state index < -0.39 is 12.1 Å². The zero-order chi connectivity index (χ0) is 18.2. The summed E-state index contributed by atoms with van der Waals surface area (Å²) in [6, 6.07) is 6.21. The minimum absolute atomic E-state index is 0.00541. The summed E-state index contributed by atoms with van der Waals surface area (Å²) < 4.78 is 37.5. The van der Waals surface area contributed by atoms with Gasteiger partial charge >= 0.3 is 12.1 Å². The van der Waals surface area contributed by atoms with E-state index in [1.54, 1.807) is 18.2 Å². The molecule has 2 atom stereocenters. The third-order valence-electron chi connectivity index (χ3n) is 4.33. The first-order valence-corrected chi connectivity index (χ1v) is 7.74. The molecule has 0 unspecified atom stereocenters. The van der Waals surface area contributed by atoms with Gasteiger partial charge < -0.3 is 10.0 Å². The van der Waals surface area contributed by atoms with Gasteiger partial charge in [0.1, 0.15) is 0 Å². The van der Waals surface area contributed by atoms with Crippen LogP contribution in [0.5, 0.6) is 0 Å². The molecular weight excluding hydrogens is 333 g/mol. The van der Waals surface area contributed by atoms with Crippen molar-refractivity contribution in [3.05, 3.63) is 65.5 Å². The Morgan fingerprint density at radius 1 is 1.24 bits per heavy atom. The molecule has 1 aliphatic heterocycles. The molecule has 4 nitrogen and oxygen atoms in total. The first-order chi connectivity index (χ1) is 11.8. The van der Waals surface area contributed by atoms with E-state index in [2.05, 4.69) is 5.32 Å². The number of aliphatic hydroxyl groups is 1. The maximum atomic E-state index is 12.5. The molecule has 0 aromatic heterocycles. The predicted molar refractivity (Wildman–Crippen MR) is 88.1 cm³/mol. The number of carbonyl (C=O) groups excluding carboxylic acids is 1. The molecule has 2 N–H and O–H groups in total. The number of halogens is 3. The van der Waals surface area contributed by atoms with E-state index in [4.69, 9.17) is 0 Å². The van der Waals surface area contributed by atoms with Crippen LogP contribution in [0, 0.1) is 0 Å². The minimum Gasteiger partial charge on any atom is -0.512 e. The average molecular weight is 350 g/mol. The Hall–Kier alpha value is -2.54. The van der Waals surface area contributed by atoms with Gasteiger partial charge in [0.05, 0.1) is 11.8 Å². The van der Waals surface area contributed by atoms with Crippen molar-refractivity contribution in [3.63, 3.8) is 0 Å². The lowest BCUT2D eigenvalue weighted by Gasteiger charge is -2.31. The number of nitrogens with one attached hydrogen (secondary N) is 1. The Kier molecular flexibility index (Phi) is 4.43. The van der Waals surface area contributed by atoms with Crippen LogP contribution in [-0.4, -0.2) is 30.3 Å². The highest BCUT2D eigenvalue weighted by atomic mass is 19.4. The van der Waals surface area contributed by atoms with Gasteiger partial charge in [-0.25, -0.2) is 0 Å². The number of hydrogen-bond acceptors (Lipinski definition) is 3. The van der Waals surface area contributed by atoms with Crippen molar-refractivity contribution in [2.45, 2.75) is 24.7 Å². The highest BCUT2D eigenvalue weighted by molar-refractivity contribution is 5.96. The molecule has 0 saturated carbocycles. The van der Waals surface area contributed by atoms with Gasteiger partial charge in [0.15, 0.2) is 0 Å². The number of nitrogens with zero attached hydrogens (tertiary/aromatic N) is 1. The highest BCUT2D eigenvalue weighted by Gasteiger charge is 2.41. The van der Waals surface area contributed by atoms with Gasteiger partial charge in [-0.05, 0) is 29.3 Å². The summed E-state index contributed by atoms with van der Waals surface area (Å²) in [5.41, 5.74) is 2.10. The van der Waals surface area contributed by atoms with Crippen molar-refractivity contribution in [1.29, 1.82) is 0 Å². The molecule has 0 saturated heterocycles. The summed E-state index contributed by atoms with van der Waals surface area (Å²) in [5, 5.41) is 13.0. The van der Waals surface area contributed by atoms with Crippen LogP contribution in [0.25, 0.3) is 0 Å². The number of allylic oxidation sites excluding steroid dienone is 2. The van der Waals surface area contributed by atoms with Crippen LogP contribution in [-0.2, 0) is 4.79 Å². The number of hydrogen-bond donors (Lipinski definition) is 2. The van der Waals surface area contributed by atoms with Crippen molar-refractivity contribution >= 4 is 11.6 Å². The van der Waals surface area contributed by atoms with E-state index in [9.17, 15) is 23.1 Å². The molecule has 0 radical (unpaired) electrons. The highest BCUT2D eigenvalue weighted by Crippen LogP contribution is 2.29. The number of rotatable bonds is 2. The molecule has 2 aliphatic rings. The lowest BCUT2D eigenvalue weighted by Crippen LogP contribution is -2.38. The van der Waals surface area contributed by atoms with Gasteiger partial charge in [0.25, 0.3) is 0 Å².